The third kappa shape index (κ3) is 6.73. The highest BCUT2D eigenvalue weighted by molar-refractivity contribution is 6.10. The number of nitrogens with zero attached hydrogens (tertiary/aromatic N) is 3. The van der Waals surface area contributed by atoms with Gasteiger partial charge < -0.3 is 10.7 Å². The van der Waals surface area contributed by atoms with Gasteiger partial charge in [-0.05, 0) is 89.0 Å². The first-order chi connectivity index (χ1) is 28.1. The summed E-state index contributed by atoms with van der Waals surface area (Å²) < 4.78 is 0. The van der Waals surface area contributed by atoms with Crippen LogP contribution < -0.4 is 5.32 Å². The Morgan fingerprint density at radius 3 is 1.77 bits per heavy atom. The van der Waals surface area contributed by atoms with Gasteiger partial charge in [0.2, 0.25) is 0 Å². The van der Waals surface area contributed by atoms with E-state index in [4.69, 9.17) is 20.4 Å². The Kier molecular flexibility index (Phi) is 8.48. The topological polar surface area (TPSA) is 74.5 Å². The average Bonchev–Trinajstić information content (AvgIpc) is 3.29. The predicted octanol–water partition coefficient (Wildman–Crippen LogP) is 12.0. The first kappa shape index (κ1) is 33.6. The van der Waals surface area contributed by atoms with Crippen LogP contribution in [0.4, 0.5) is 0 Å². The number of allylic oxidation sites excluding steroid dienone is 8. The number of nitrogens with one attached hydrogen (secondary N) is 2. The third-order valence-electron chi connectivity index (χ3n) is 10.4. The zero-order chi connectivity index (χ0) is 38.1. The molecule has 8 aromatic rings. The van der Waals surface area contributed by atoms with Gasteiger partial charge in [-0.3, -0.25) is 0 Å². The smallest absolute Gasteiger partial charge is 0.121 e. The zero-order valence-electron chi connectivity index (χ0n) is 30.7. The summed E-state index contributed by atoms with van der Waals surface area (Å²) in [6, 6.07) is 56.5. The summed E-state index contributed by atoms with van der Waals surface area (Å²) in [6.07, 6.45) is 13.8. The maximum atomic E-state index is 8.28. The van der Waals surface area contributed by atoms with E-state index in [1.54, 1.807) is 6.08 Å². The van der Waals surface area contributed by atoms with E-state index in [1.165, 1.54) is 0 Å². The Labute approximate surface area is 331 Å². The minimum absolute atomic E-state index is 0.496. The first-order valence-electron chi connectivity index (χ1n) is 18.8. The van der Waals surface area contributed by atoms with Crippen molar-refractivity contribution in [1.82, 2.24) is 20.3 Å². The van der Waals surface area contributed by atoms with Gasteiger partial charge in [-0.15, -0.1) is 0 Å². The SMILES string of the molecule is N=C1C=CC=C/C1=C1\C=CC(c2ccc(-c3cc(-c4ccc(-c5ccc6ccc#cc6n5)cc4)nc(-c4ccc(-c5ccc6ccccc6n5)cc4)c3)cc2)=CN1. The summed E-state index contributed by atoms with van der Waals surface area (Å²) in [5.41, 5.74) is 16.1. The molecule has 57 heavy (non-hydrogen) atoms. The Morgan fingerprint density at radius 1 is 0.474 bits per heavy atom. The van der Waals surface area contributed by atoms with E-state index in [-0.39, 0.29) is 0 Å². The largest absolute Gasteiger partial charge is 0.361 e. The maximum Gasteiger partial charge on any atom is 0.121 e. The molecule has 4 heterocycles. The quantitative estimate of drug-likeness (QED) is 0.179. The first-order valence-corrected chi connectivity index (χ1v) is 18.8. The molecular weight excluding hydrogens is 695 g/mol. The van der Waals surface area contributed by atoms with Crippen molar-refractivity contribution < 1.29 is 0 Å². The molecule has 0 unspecified atom stereocenters. The minimum atomic E-state index is 0.496. The van der Waals surface area contributed by atoms with Crippen molar-refractivity contribution in [3.05, 3.63) is 217 Å². The van der Waals surface area contributed by atoms with Gasteiger partial charge in [0, 0.05) is 50.5 Å². The molecule has 0 saturated heterocycles. The number of aromatic nitrogens is 3. The van der Waals surface area contributed by atoms with Crippen molar-refractivity contribution in [2.24, 2.45) is 0 Å². The lowest BCUT2D eigenvalue weighted by Gasteiger charge is -2.16. The van der Waals surface area contributed by atoms with Gasteiger partial charge >= 0.3 is 0 Å². The fourth-order valence-corrected chi connectivity index (χ4v) is 7.30. The molecule has 266 valence electrons. The van der Waals surface area contributed by atoms with Crippen molar-refractivity contribution in [3.8, 4) is 56.2 Å². The van der Waals surface area contributed by atoms with E-state index in [0.717, 1.165) is 100 Å². The lowest BCUT2D eigenvalue weighted by molar-refractivity contribution is 1.09. The Hall–Kier alpha value is -7.94. The van der Waals surface area contributed by atoms with Crippen LogP contribution >= 0.6 is 0 Å². The van der Waals surface area contributed by atoms with Crippen molar-refractivity contribution in [3.63, 3.8) is 0 Å². The van der Waals surface area contributed by atoms with Gasteiger partial charge in [0.05, 0.1) is 34.0 Å². The molecule has 0 radical (unpaired) electrons. The van der Waals surface area contributed by atoms with E-state index < -0.39 is 0 Å². The summed E-state index contributed by atoms with van der Waals surface area (Å²) >= 11 is 0. The molecule has 10 rings (SSSR count). The lowest BCUT2D eigenvalue weighted by atomic mass is 9.96. The molecule has 0 fully saturated rings. The standard InChI is InChI=1S/C52H33N5/c53-45-10-4-3-9-44(45)50-30-27-42(33-54-50)34-13-15-35(16-14-34)43-31-51(40-21-17-38(18-22-40)48-28-25-36-7-1-5-11-46(36)55-48)57-52(32-43)41-23-19-39(20-24-41)49-29-26-37-8-2-6-12-47(37)56-49/h1-5,7-11,13-33,53-54H/b50-44-,53-45?. The van der Waals surface area contributed by atoms with Gasteiger partial charge in [-0.2, -0.15) is 0 Å². The summed E-state index contributed by atoms with van der Waals surface area (Å²) in [5.74, 6) is 0. The zero-order valence-corrected chi connectivity index (χ0v) is 30.7. The van der Waals surface area contributed by atoms with Crippen LogP contribution in [0.15, 0.2) is 200 Å². The Morgan fingerprint density at radius 2 is 1.09 bits per heavy atom. The second kappa shape index (κ2) is 14.4. The Balaban J connectivity index is 0.985. The van der Waals surface area contributed by atoms with Crippen LogP contribution in [0.5, 0.6) is 0 Å². The van der Waals surface area contributed by atoms with E-state index in [9.17, 15) is 0 Å². The van der Waals surface area contributed by atoms with Gasteiger partial charge in [0.15, 0.2) is 0 Å². The van der Waals surface area contributed by atoms with E-state index >= 15 is 0 Å². The third-order valence-corrected chi connectivity index (χ3v) is 10.4. The fourth-order valence-electron chi connectivity index (χ4n) is 7.30. The molecule has 0 bridgehead atoms. The summed E-state index contributed by atoms with van der Waals surface area (Å²) in [6.45, 7) is 0. The van der Waals surface area contributed by atoms with Gasteiger partial charge in [0.25, 0.3) is 0 Å². The average molecular weight is 728 g/mol. The summed E-state index contributed by atoms with van der Waals surface area (Å²) in [7, 11) is 0. The maximum absolute atomic E-state index is 8.28. The second-order valence-corrected chi connectivity index (χ2v) is 14.0. The van der Waals surface area contributed by atoms with E-state index in [0.29, 0.717) is 5.71 Å². The number of hydrogen-bond acceptors (Lipinski definition) is 5. The number of para-hydroxylation sites is 1. The summed E-state index contributed by atoms with van der Waals surface area (Å²) in [4.78, 5) is 15.0. The molecule has 1 aliphatic carbocycles. The van der Waals surface area contributed by atoms with Crippen molar-refractivity contribution in [2.45, 2.75) is 0 Å². The molecule has 0 atom stereocenters. The van der Waals surface area contributed by atoms with Crippen molar-refractivity contribution >= 4 is 33.1 Å². The second-order valence-electron chi connectivity index (χ2n) is 14.0. The molecule has 1 aliphatic heterocycles. The number of rotatable bonds is 6. The van der Waals surface area contributed by atoms with Crippen LogP contribution in [0.2, 0.25) is 0 Å². The Bertz CT molecular complexity index is 2880. The number of benzene rings is 4. The fraction of sp³-hybridized carbons (Fsp3) is 0. The number of hydrogen-bond donors (Lipinski definition) is 2. The minimum Gasteiger partial charge on any atom is -0.361 e. The van der Waals surface area contributed by atoms with Gasteiger partial charge in [-0.25, -0.2) is 15.0 Å². The summed E-state index contributed by atoms with van der Waals surface area (Å²) in [5, 5.41) is 13.8. The van der Waals surface area contributed by atoms with Crippen LogP contribution in [0, 0.1) is 17.5 Å². The normalized spacial score (nSPS) is 14.7. The molecule has 5 nitrogen and oxygen atoms in total. The van der Waals surface area contributed by atoms with E-state index in [2.05, 4.69) is 133 Å². The van der Waals surface area contributed by atoms with Crippen LogP contribution in [0.3, 0.4) is 0 Å². The molecule has 3 aromatic heterocycles. The predicted molar refractivity (Wildman–Crippen MR) is 233 cm³/mol. The van der Waals surface area contributed by atoms with Crippen LogP contribution in [0.1, 0.15) is 5.56 Å². The molecular formula is C52H33N5. The molecule has 0 amide bonds. The van der Waals surface area contributed by atoms with Crippen LogP contribution in [-0.4, -0.2) is 20.7 Å². The van der Waals surface area contributed by atoms with Crippen molar-refractivity contribution in [1.29, 1.82) is 5.41 Å². The molecule has 2 aliphatic rings. The molecule has 5 heteroatoms. The highest BCUT2D eigenvalue weighted by Gasteiger charge is 2.14. The van der Waals surface area contributed by atoms with Crippen LogP contribution in [-0.2, 0) is 0 Å². The molecule has 0 spiro atoms. The number of pyridine rings is 3. The highest BCUT2D eigenvalue weighted by atomic mass is 14.9. The van der Waals surface area contributed by atoms with E-state index in [1.807, 2.05) is 66.9 Å². The number of fused-ring (bicyclic) bond motifs is 2. The number of dihydropyridines is 1. The molecule has 2 N–H and O–H groups in total. The highest BCUT2D eigenvalue weighted by Crippen LogP contribution is 2.34. The van der Waals surface area contributed by atoms with Gasteiger partial charge in [0.1, 0.15) is 5.52 Å². The van der Waals surface area contributed by atoms with Gasteiger partial charge in [-0.1, -0.05) is 127 Å². The lowest BCUT2D eigenvalue weighted by Crippen LogP contribution is -2.14. The van der Waals surface area contributed by atoms with Crippen LogP contribution in [0.25, 0.3) is 83.5 Å². The molecule has 0 saturated carbocycles. The monoisotopic (exact) mass is 727 g/mol. The molecule has 5 aromatic carbocycles. The van der Waals surface area contributed by atoms with Crippen molar-refractivity contribution in [2.75, 3.05) is 0 Å².